The lowest BCUT2D eigenvalue weighted by Crippen LogP contribution is -2.33. The molecule has 1 aliphatic rings. The number of amides is 1. The number of carbonyl (C=O) groups is 1. The van der Waals surface area contributed by atoms with Crippen LogP contribution in [0.1, 0.15) is 48.3 Å². The normalized spacial score (nSPS) is 14.0. The molecule has 0 spiro atoms. The van der Waals surface area contributed by atoms with Crippen LogP contribution in [0.25, 0.3) is 0 Å². The van der Waals surface area contributed by atoms with Crippen molar-refractivity contribution in [2.45, 2.75) is 52.3 Å². The van der Waals surface area contributed by atoms with Crippen molar-refractivity contribution in [3.05, 3.63) is 47.4 Å². The van der Waals surface area contributed by atoms with Gasteiger partial charge in [0.15, 0.2) is 0 Å². The molecule has 0 aromatic carbocycles. The summed E-state index contributed by atoms with van der Waals surface area (Å²) in [5, 5.41) is 0. The Bertz CT molecular complexity index is 732. The highest BCUT2D eigenvalue weighted by atomic mass is 16.5. The molecule has 5 heteroatoms. The number of ether oxygens (including phenoxy) is 1. The highest BCUT2D eigenvalue weighted by Crippen LogP contribution is 2.30. The number of nitrogens with zero attached hydrogens (tertiary/aromatic N) is 3. The van der Waals surface area contributed by atoms with E-state index in [4.69, 9.17) is 4.74 Å². The van der Waals surface area contributed by atoms with Gasteiger partial charge in [0.25, 0.3) is 5.91 Å². The monoisotopic (exact) mass is 327 g/mol. The Morgan fingerprint density at radius 3 is 2.75 bits per heavy atom. The van der Waals surface area contributed by atoms with Crippen LogP contribution >= 0.6 is 0 Å². The molecule has 0 unspecified atom stereocenters. The van der Waals surface area contributed by atoms with Gasteiger partial charge in [-0.2, -0.15) is 0 Å². The summed E-state index contributed by atoms with van der Waals surface area (Å²) in [5.74, 6) is 0.723. The Kier molecular flexibility index (Phi) is 4.60. The summed E-state index contributed by atoms with van der Waals surface area (Å²) in [6.45, 7) is 6.53. The zero-order chi connectivity index (χ0) is 17.3. The summed E-state index contributed by atoms with van der Waals surface area (Å²) < 4.78 is 7.65. The number of rotatable bonds is 6. The van der Waals surface area contributed by atoms with Gasteiger partial charge >= 0.3 is 0 Å². The minimum atomic E-state index is 0.0842. The first-order valence-corrected chi connectivity index (χ1v) is 8.50. The smallest absolute Gasteiger partial charge is 0.256 e. The summed E-state index contributed by atoms with van der Waals surface area (Å²) in [6, 6.07) is 6.14. The first-order chi connectivity index (χ1) is 11.5. The molecule has 2 heterocycles. The third kappa shape index (κ3) is 3.61. The fourth-order valence-corrected chi connectivity index (χ4v) is 2.79. The van der Waals surface area contributed by atoms with Crippen molar-refractivity contribution in [1.29, 1.82) is 0 Å². The maximum Gasteiger partial charge on any atom is 0.256 e. The molecule has 5 nitrogen and oxygen atoms in total. The summed E-state index contributed by atoms with van der Waals surface area (Å²) in [6.07, 6.45) is 5.93. The molecule has 0 N–H and O–H groups in total. The number of carbonyl (C=O) groups excluding carboxylic acids is 1. The van der Waals surface area contributed by atoms with Crippen LogP contribution in [0.4, 0.5) is 0 Å². The fourth-order valence-electron chi connectivity index (χ4n) is 2.79. The highest BCUT2D eigenvalue weighted by Gasteiger charge is 2.34. The fraction of sp³-hybridized carbons (Fsp3) is 0.474. The molecule has 1 aliphatic carbocycles. The topological polar surface area (TPSA) is 47.4 Å². The lowest BCUT2D eigenvalue weighted by molar-refractivity contribution is 0.0728. The maximum atomic E-state index is 13.0. The largest absolute Gasteiger partial charge is 0.475 e. The van der Waals surface area contributed by atoms with Gasteiger partial charge in [0.2, 0.25) is 5.88 Å². The molecule has 0 radical (unpaired) electrons. The molecular weight excluding hydrogens is 302 g/mol. The van der Waals surface area contributed by atoms with Crippen molar-refractivity contribution in [1.82, 2.24) is 14.5 Å². The molecule has 0 atom stereocenters. The lowest BCUT2D eigenvalue weighted by Gasteiger charge is -2.23. The molecule has 24 heavy (non-hydrogen) atoms. The first-order valence-electron chi connectivity index (χ1n) is 8.50. The Hall–Kier alpha value is -2.30. The van der Waals surface area contributed by atoms with E-state index >= 15 is 0 Å². The minimum Gasteiger partial charge on any atom is -0.475 e. The molecule has 3 rings (SSSR count). The summed E-state index contributed by atoms with van der Waals surface area (Å²) in [7, 11) is 1.96. The standard InChI is InChI=1S/C19H25N3O2/c1-13(2)24-18-11-15(7-9-20-18)12-22(16-5-6-16)19(23)17-8-10-21(4)14(17)3/h7-11,13,16H,5-6,12H2,1-4H3. The van der Waals surface area contributed by atoms with Crippen LogP contribution in [0.3, 0.4) is 0 Å². The molecule has 2 aromatic rings. The van der Waals surface area contributed by atoms with E-state index in [0.29, 0.717) is 18.5 Å². The zero-order valence-electron chi connectivity index (χ0n) is 14.8. The Morgan fingerprint density at radius 2 is 2.17 bits per heavy atom. The predicted molar refractivity (Wildman–Crippen MR) is 93.0 cm³/mol. The van der Waals surface area contributed by atoms with Crippen LogP contribution in [-0.4, -0.2) is 32.5 Å². The molecule has 0 aliphatic heterocycles. The van der Waals surface area contributed by atoms with Gasteiger partial charge in [0.1, 0.15) is 0 Å². The van der Waals surface area contributed by atoms with E-state index in [-0.39, 0.29) is 12.0 Å². The molecule has 0 bridgehead atoms. The van der Waals surface area contributed by atoms with Gasteiger partial charge in [-0.3, -0.25) is 4.79 Å². The van der Waals surface area contributed by atoms with Crippen LogP contribution in [0.5, 0.6) is 5.88 Å². The van der Waals surface area contributed by atoms with E-state index < -0.39 is 0 Å². The molecule has 0 saturated heterocycles. The lowest BCUT2D eigenvalue weighted by atomic mass is 10.2. The molecule has 1 saturated carbocycles. The van der Waals surface area contributed by atoms with Crippen LogP contribution in [0.2, 0.25) is 0 Å². The van der Waals surface area contributed by atoms with Crippen molar-refractivity contribution in [2.75, 3.05) is 0 Å². The van der Waals surface area contributed by atoms with Gasteiger partial charge in [-0.25, -0.2) is 4.98 Å². The van der Waals surface area contributed by atoms with Crippen molar-refractivity contribution in [2.24, 2.45) is 7.05 Å². The van der Waals surface area contributed by atoms with Crippen LogP contribution < -0.4 is 4.74 Å². The summed E-state index contributed by atoms with van der Waals surface area (Å²) >= 11 is 0. The van der Waals surface area contributed by atoms with E-state index in [0.717, 1.165) is 29.7 Å². The van der Waals surface area contributed by atoms with Crippen LogP contribution in [-0.2, 0) is 13.6 Å². The van der Waals surface area contributed by atoms with Crippen molar-refractivity contribution in [3.63, 3.8) is 0 Å². The van der Waals surface area contributed by atoms with Crippen molar-refractivity contribution in [3.8, 4) is 5.88 Å². The van der Waals surface area contributed by atoms with Crippen molar-refractivity contribution < 1.29 is 9.53 Å². The summed E-state index contributed by atoms with van der Waals surface area (Å²) in [5.41, 5.74) is 2.84. The van der Waals surface area contributed by atoms with Gasteiger partial charge in [-0.1, -0.05) is 0 Å². The SMILES string of the molecule is Cc1c(C(=O)N(Cc2ccnc(OC(C)C)c2)C2CC2)ccn1C. The van der Waals surface area contributed by atoms with E-state index in [2.05, 4.69) is 4.98 Å². The number of hydrogen-bond donors (Lipinski definition) is 0. The third-order valence-electron chi connectivity index (χ3n) is 4.37. The molecule has 2 aromatic heterocycles. The van der Waals surface area contributed by atoms with E-state index in [1.165, 1.54) is 0 Å². The Morgan fingerprint density at radius 1 is 1.42 bits per heavy atom. The minimum absolute atomic E-state index is 0.0842. The van der Waals surface area contributed by atoms with Gasteiger partial charge in [-0.15, -0.1) is 0 Å². The maximum absolute atomic E-state index is 13.0. The first kappa shape index (κ1) is 16.6. The number of aryl methyl sites for hydroxylation is 1. The predicted octanol–water partition coefficient (Wildman–Crippen LogP) is 3.32. The van der Waals surface area contributed by atoms with Crippen LogP contribution in [0.15, 0.2) is 30.6 Å². The highest BCUT2D eigenvalue weighted by molar-refractivity contribution is 5.95. The average Bonchev–Trinajstić information content (AvgIpc) is 3.31. The average molecular weight is 327 g/mol. The third-order valence-corrected chi connectivity index (χ3v) is 4.37. The van der Waals surface area contributed by atoms with Crippen molar-refractivity contribution >= 4 is 5.91 Å². The van der Waals surface area contributed by atoms with E-state index in [9.17, 15) is 4.79 Å². The number of aromatic nitrogens is 2. The Balaban J connectivity index is 1.80. The van der Waals surface area contributed by atoms with Gasteiger partial charge < -0.3 is 14.2 Å². The molecule has 1 fully saturated rings. The quantitative estimate of drug-likeness (QED) is 0.818. The summed E-state index contributed by atoms with van der Waals surface area (Å²) in [4.78, 5) is 19.2. The van der Waals surface area contributed by atoms with E-state index in [1.807, 2.05) is 61.7 Å². The molecule has 128 valence electrons. The molecule has 1 amide bonds. The zero-order valence-corrected chi connectivity index (χ0v) is 14.8. The Labute approximate surface area is 143 Å². The second kappa shape index (κ2) is 6.67. The van der Waals surface area contributed by atoms with Gasteiger partial charge in [-0.05, 0) is 51.3 Å². The van der Waals surface area contributed by atoms with Gasteiger partial charge in [0.05, 0.1) is 11.7 Å². The second-order valence-corrected chi connectivity index (χ2v) is 6.76. The van der Waals surface area contributed by atoms with E-state index in [1.54, 1.807) is 6.20 Å². The van der Waals surface area contributed by atoms with Gasteiger partial charge in [0, 0.05) is 43.8 Å². The number of hydrogen-bond acceptors (Lipinski definition) is 3. The second-order valence-electron chi connectivity index (χ2n) is 6.76. The van der Waals surface area contributed by atoms with Crippen LogP contribution in [0, 0.1) is 6.92 Å². The number of pyridine rings is 1. The molecular formula is C19H25N3O2.